The van der Waals surface area contributed by atoms with E-state index in [-0.39, 0.29) is 22.1 Å². The molecule has 3 rings (SSSR count). The topological polar surface area (TPSA) is 75.9 Å². The Morgan fingerprint density at radius 2 is 1.92 bits per heavy atom. The number of benzene rings is 1. The molecule has 0 aliphatic carbocycles. The first kappa shape index (κ1) is 18.5. The first-order chi connectivity index (χ1) is 12.2. The first-order valence-corrected chi connectivity index (χ1v) is 9.15. The highest BCUT2D eigenvalue weighted by atomic mass is 16.6. The molecule has 2 fully saturated rings. The third kappa shape index (κ3) is 3.92. The average molecular weight is 361 g/mol. The lowest BCUT2D eigenvalue weighted by Gasteiger charge is -2.41. The van der Waals surface area contributed by atoms with Crippen LogP contribution in [0.25, 0.3) is 0 Å². The number of anilines is 1. The van der Waals surface area contributed by atoms with Crippen molar-refractivity contribution in [2.24, 2.45) is 5.41 Å². The Morgan fingerprint density at radius 1 is 1.19 bits per heavy atom. The average Bonchev–Trinajstić information content (AvgIpc) is 2.97. The molecule has 1 spiro atoms. The third-order valence-corrected chi connectivity index (χ3v) is 5.17. The van der Waals surface area contributed by atoms with Gasteiger partial charge in [0, 0.05) is 37.7 Å². The fourth-order valence-corrected chi connectivity index (χ4v) is 4.05. The smallest absolute Gasteiger partial charge is 0.410 e. The van der Waals surface area contributed by atoms with Crippen molar-refractivity contribution in [1.29, 1.82) is 0 Å². The van der Waals surface area contributed by atoms with Crippen LogP contribution in [-0.4, -0.2) is 47.7 Å². The molecule has 0 radical (unpaired) electrons. The SMILES string of the molecule is CC(C)(C)OC(=O)N1CCC2(CCCN(c3ccccc3[N+](=O)[O-])C2)C1. The monoisotopic (exact) mass is 361 g/mol. The number of nitrogens with zero attached hydrogens (tertiary/aromatic N) is 3. The number of carbonyl (C=O) groups is 1. The number of rotatable bonds is 2. The van der Waals surface area contributed by atoms with Gasteiger partial charge in [-0.25, -0.2) is 4.79 Å². The molecule has 1 atom stereocenters. The van der Waals surface area contributed by atoms with Crippen molar-refractivity contribution < 1.29 is 14.5 Å². The summed E-state index contributed by atoms with van der Waals surface area (Å²) in [6.07, 6.45) is 2.64. The molecule has 7 nitrogen and oxygen atoms in total. The Bertz CT molecular complexity index is 700. The Labute approximate surface area is 154 Å². The maximum Gasteiger partial charge on any atom is 0.410 e. The zero-order valence-corrected chi connectivity index (χ0v) is 15.7. The van der Waals surface area contributed by atoms with Crippen molar-refractivity contribution in [2.45, 2.75) is 45.6 Å². The Balaban J connectivity index is 1.73. The van der Waals surface area contributed by atoms with Crippen molar-refractivity contribution in [3.05, 3.63) is 34.4 Å². The molecular weight excluding hydrogens is 334 g/mol. The van der Waals surface area contributed by atoms with Crippen LogP contribution in [0, 0.1) is 15.5 Å². The quantitative estimate of drug-likeness (QED) is 0.591. The highest BCUT2D eigenvalue weighted by molar-refractivity contribution is 5.69. The molecule has 1 unspecified atom stereocenters. The van der Waals surface area contributed by atoms with Gasteiger partial charge in [0.1, 0.15) is 11.3 Å². The molecule has 1 aromatic rings. The molecule has 0 aromatic heterocycles. The second-order valence-corrected chi connectivity index (χ2v) is 8.42. The molecule has 1 aromatic carbocycles. The number of para-hydroxylation sites is 2. The molecule has 2 aliphatic heterocycles. The van der Waals surface area contributed by atoms with Gasteiger partial charge in [0.15, 0.2) is 0 Å². The predicted octanol–water partition coefficient (Wildman–Crippen LogP) is 3.82. The van der Waals surface area contributed by atoms with Gasteiger partial charge in [-0.2, -0.15) is 0 Å². The lowest BCUT2D eigenvalue weighted by molar-refractivity contribution is -0.384. The molecule has 2 aliphatic rings. The summed E-state index contributed by atoms with van der Waals surface area (Å²) in [6, 6.07) is 6.91. The minimum atomic E-state index is -0.504. The van der Waals surface area contributed by atoms with E-state index in [0.29, 0.717) is 18.8 Å². The van der Waals surface area contributed by atoms with Crippen LogP contribution in [0.5, 0.6) is 0 Å². The van der Waals surface area contributed by atoms with Gasteiger partial charge in [0.25, 0.3) is 5.69 Å². The molecule has 2 heterocycles. The number of nitro benzene ring substituents is 1. The lowest BCUT2D eigenvalue weighted by atomic mass is 9.79. The molecule has 142 valence electrons. The first-order valence-electron chi connectivity index (χ1n) is 9.15. The summed E-state index contributed by atoms with van der Waals surface area (Å²) in [5.74, 6) is 0. The minimum absolute atomic E-state index is 0.0150. The highest BCUT2D eigenvalue weighted by Gasteiger charge is 2.44. The number of hydrogen-bond donors (Lipinski definition) is 0. The van der Waals surface area contributed by atoms with Gasteiger partial charge in [-0.15, -0.1) is 0 Å². The predicted molar refractivity (Wildman–Crippen MR) is 99.4 cm³/mol. The van der Waals surface area contributed by atoms with E-state index >= 15 is 0 Å². The number of ether oxygens (including phenoxy) is 1. The number of amides is 1. The van der Waals surface area contributed by atoms with Gasteiger partial charge in [0.05, 0.1) is 4.92 Å². The number of hydrogen-bond acceptors (Lipinski definition) is 5. The second kappa shape index (κ2) is 6.78. The lowest BCUT2D eigenvalue weighted by Crippen LogP contribution is -2.46. The largest absolute Gasteiger partial charge is 0.444 e. The molecule has 26 heavy (non-hydrogen) atoms. The molecular formula is C19H27N3O4. The van der Waals surface area contributed by atoms with Crippen LogP contribution < -0.4 is 4.90 Å². The number of piperidine rings is 1. The van der Waals surface area contributed by atoms with Crippen LogP contribution in [0.2, 0.25) is 0 Å². The Morgan fingerprint density at radius 3 is 2.62 bits per heavy atom. The maximum absolute atomic E-state index is 12.4. The van der Waals surface area contributed by atoms with Crippen molar-refractivity contribution in [3.8, 4) is 0 Å². The number of carbonyl (C=O) groups excluding carboxylic acids is 1. The van der Waals surface area contributed by atoms with Gasteiger partial charge >= 0.3 is 6.09 Å². The van der Waals surface area contributed by atoms with E-state index in [9.17, 15) is 14.9 Å². The summed E-state index contributed by atoms with van der Waals surface area (Å²) < 4.78 is 5.50. The number of nitro groups is 1. The van der Waals surface area contributed by atoms with Crippen LogP contribution in [0.4, 0.5) is 16.2 Å². The van der Waals surface area contributed by atoms with Crippen LogP contribution in [0.15, 0.2) is 24.3 Å². The van der Waals surface area contributed by atoms with E-state index < -0.39 is 5.60 Å². The molecule has 0 bridgehead atoms. The summed E-state index contributed by atoms with van der Waals surface area (Å²) in [4.78, 5) is 27.3. The summed E-state index contributed by atoms with van der Waals surface area (Å²) in [7, 11) is 0. The van der Waals surface area contributed by atoms with Crippen molar-refractivity contribution in [3.63, 3.8) is 0 Å². The zero-order valence-electron chi connectivity index (χ0n) is 15.7. The van der Waals surface area contributed by atoms with Crippen molar-refractivity contribution >= 4 is 17.5 Å². The Hall–Kier alpha value is -2.31. The van der Waals surface area contributed by atoms with Crippen LogP contribution >= 0.6 is 0 Å². The van der Waals surface area contributed by atoms with Crippen molar-refractivity contribution in [2.75, 3.05) is 31.1 Å². The fourth-order valence-electron chi connectivity index (χ4n) is 4.05. The second-order valence-electron chi connectivity index (χ2n) is 8.42. The normalized spacial score (nSPS) is 23.3. The van der Waals surface area contributed by atoms with E-state index in [1.807, 2.05) is 32.9 Å². The standard InChI is InChI=1S/C19H27N3O4/c1-18(2,3)26-17(23)21-12-10-19(14-21)9-6-11-20(13-19)15-7-4-5-8-16(15)22(24)25/h4-5,7-8H,6,9-14H2,1-3H3. The summed E-state index contributed by atoms with van der Waals surface area (Å²) in [5, 5.41) is 11.4. The van der Waals surface area contributed by atoms with E-state index in [1.165, 1.54) is 0 Å². The van der Waals surface area contributed by atoms with E-state index in [4.69, 9.17) is 4.74 Å². The van der Waals surface area contributed by atoms with Gasteiger partial charge in [-0.05, 0) is 46.1 Å². The highest BCUT2D eigenvalue weighted by Crippen LogP contribution is 2.42. The zero-order chi connectivity index (χ0) is 18.9. The third-order valence-electron chi connectivity index (χ3n) is 5.17. The van der Waals surface area contributed by atoms with Gasteiger partial charge in [-0.3, -0.25) is 10.1 Å². The van der Waals surface area contributed by atoms with Gasteiger partial charge in [0.2, 0.25) is 0 Å². The van der Waals surface area contributed by atoms with Gasteiger partial charge in [-0.1, -0.05) is 12.1 Å². The summed E-state index contributed by atoms with van der Waals surface area (Å²) in [6.45, 7) is 8.48. The maximum atomic E-state index is 12.4. The van der Waals surface area contributed by atoms with E-state index in [2.05, 4.69) is 4.90 Å². The van der Waals surface area contributed by atoms with Crippen molar-refractivity contribution in [1.82, 2.24) is 4.90 Å². The molecule has 1 amide bonds. The van der Waals surface area contributed by atoms with E-state index in [1.54, 1.807) is 17.0 Å². The Kier molecular flexibility index (Phi) is 4.82. The van der Waals surface area contributed by atoms with Gasteiger partial charge < -0.3 is 14.5 Å². The molecule has 0 saturated carbocycles. The molecule has 2 saturated heterocycles. The van der Waals surface area contributed by atoms with Crippen LogP contribution in [0.1, 0.15) is 40.0 Å². The fraction of sp³-hybridized carbons (Fsp3) is 0.632. The molecule has 0 N–H and O–H groups in total. The summed E-state index contributed by atoms with van der Waals surface area (Å²) in [5.41, 5.74) is 0.299. The van der Waals surface area contributed by atoms with E-state index in [0.717, 1.165) is 32.4 Å². The molecule has 7 heteroatoms. The van der Waals surface area contributed by atoms with Crippen LogP contribution in [0.3, 0.4) is 0 Å². The summed E-state index contributed by atoms with van der Waals surface area (Å²) >= 11 is 0. The van der Waals surface area contributed by atoms with Crippen LogP contribution in [-0.2, 0) is 4.74 Å². The minimum Gasteiger partial charge on any atom is -0.444 e. The number of likely N-dealkylation sites (tertiary alicyclic amines) is 1.